The summed E-state index contributed by atoms with van der Waals surface area (Å²) in [6, 6.07) is 16.2. The van der Waals surface area contributed by atoms with Crippen LogP contribution in [0.5, 0.6) is 5.75 Å². The number of aryl methyl sites for hydroxylation is 2. The minimum absolute atomic E-state index is 0.104. The van der Waals surface area contributed by atoms with Crippen LogP contribution >= 0.6 is 11.6 Å². The van der Waals surface area contributed by atoms with E-state index in [1.54, 1.807) is 24.3 Å². The van der Waals surface area contributed by atoms with Crippen LogP contribution in [0.3, 0.4) is 0 Å². The molecule has 9 heteroatoms. The summed E-state index contributed by atoms with van der Waals surface area (Å²) in [5, 5.41) is 14.9. The molecule has 0 saturated heterocycles. The standard InChI is InChI=1S/C28H22ClN3O4S/c1-31-20-15-23(37(36)12-6-11-32-9-4-5-10-32)22(33)14-18(20)24-21(31)13-17(16-7-2-3-8-19(16)29)25-26(24)28(35)30-27(25)34/h2-5,7-10,13-15,33H,6,11-12H2,1H3,(H,30,34,35). The number of benzene rings is 3. The van der Waals surface area contributed by atoms with Crippen LogP contribution in [0.25, 0.3) is 32.9 Å². The van der Waals surface area contributed by atoms with Crippen LogP contribution in [0.4, 0.5) is 0 Å². The highest BCUT2D eigenvalue weighted by atomic mass is 35.5. The monoisotopic (exact) mass is 531 g/mol. The summed E-state index contributed by atoms with van der Waals surface area (Å²) in [6.45, 7) is 0.732. The van der Waals surface area contributed by atoms with Gasteiger partial charge in [0.25, 0.3) is 11.8 Å². The Balaban J connectivity index is 1.52. The van der Waals surface area contributed by atoms with Crippen molar-refractivity contribution in [1.29, 1.82) is 0 Å². The number of halogens is 1. The van der Waals surface area contributed by atoms with E-state index >= 15 is 0 Å². The number of carbonyl (C=O) groups excluding carboxylic acids is 2. The first kappa shape index (κ1) is 23.5. The highest BCUT2D eigenvalue weighted by molar-refractivity contribution is 7.85. The van der Waals surface area contributed by atoms with Gasteiger partial charge < -0.3 is 14.2 Å². The van der Waals surface area contributed by atoms with Crippen molar-refractivity contribution >= 4 is 56.0 Å². The molecule has 186 valence electrons. The number of phenols is 1. The Morgan fingerprint density at radius 1 is 0.946 bits per heavy atom. The zero-order chi connectivity index (χ0) is 25.8. The summed E-state index contributed by atoms with van der Waals surface area (Å²) in [5.41, 5.74) is 3.11. The first-order valence-electron chi connectivity index (χ1n) is 11.8. The number of imide groups is 1. The molecule has 3 aromatic carbocycles. The lowest BCUT2D eigenvalue weighted by Gasteiger charge is -2.10. The maximum absolute atomic E-state index is 13.1. The maximum atomic E-state index is 13.1. The summed E-state index contributed by atoms with van der Waals surface area (Å²) in [5.74, 6) is -0.695. The Bertz CT molecular complexity index is 1770. The number of aromatic nitrogens is 2. The molecule has 2 aromatic heterocycles. The van der Waals surface area contributed by atoms with Crippen molar-refractivity contribution in [3.8, 4) is 16.9 Å². The van der Waals surface area contributed by atoms with E-state index in [2.05, 4.69) is 5.32 Å². The fraction of sp³-hybridized carbons (Fsp3) is 0.143. The third-order valence-corrected chi connectivity index (χ3v) is 8.69. The summed E-state index contributed by atoms with van der Waals surface area (Å²) in [4.78, 5) is 26.2. The van der Waals surface area contributed by atoms with Gasteiger partial charge in [-0.3, -0.25) is 19.1 Å². The smallest absolute Gasteiger partial charge is 0.259 e. The maximum Gasteiger partial charge on any atom is 0.259 e. The molecule has 1 aliphatic rings. The number of amides is 2. The van der Waals surface area contributed by atoms with E-state index in [-0.39, 0.29) is 16.9 Å². The van der Waals surface area contributed by atoms with E-state index in [4.69, 9.17) is 11.6 Å². The summed E-state index contributed by atoms with van der Waals surface area (Å²) in [7, 11) is 0.426. The molecular formula is C28H22ClN3O4S. The average molecular weight is 532 g/mol. The van der Waals surface area contributed by atoms with Gasteiger partial charge in [0, 0.05) is 53.1 Å². The number of carbonyl (C=O) groups is 2. The van der Waals surface area contributed by atoms with Crippen molar-refractivity contribution in [3.63, 3.8) is 0 Å². The molecule has 0 spiro atoms. The molecule has 1 atom stereocenters. The van der Waals surface area contributed by atoms with Crippen molar-refractivity contribution in [1.82, 2.24) is 14.5 Å². The predicted octanol–water partition coefficient (Wildman–Crippen LogP) is 5.24. The average Bonchev–Trinajstić information content (AvgIpc) is 3.56. The molecule has 7 nitrogen and oxygen atoms in total. The minimum Gasteiger partial charge on any atom is -0.507 e. The predicted molar refractivity (Wildman–Crippen MR) is 145 cm³/mol. The number of fused-ring (bicyclic) bond motifs is 5. The molecule has 0 bridgehead atoms. The molecule has 0 aliphatic carbocycles. The van der Waals surface area contributed by atoms with Crippen LogP contribution in [-0.2, 0) is 24.4 Å². The number of rotatable bonds is 6. The lowest BCUT2D eigenvalue weighted by molar-refractivity contribution is 0.0880. The summed E-state index contributed by atoms with van der Waals surface area (Å²) in [6.07, 6.45) is 4.60. The Hall–Kier alpha value is -3.88. The third kappa shape index (κ3) is 3.75. The summed E-state index contributed by atoms with van der Waals surface area (Å²) < 4.78 is 17.0. The molecule has 5 aromatic rings. The molecule has 2 amide bonds. The fourth-order valence-electron chi connectivity index (χ4n) is 5.14. The van der Waals surface area contributed by atoms with Gasteiger partial charge in [-0.15, -0.1) is 0 Å². The van der Waals surface area contributed by atoms with Gasteiger partial charge in [0.15, 0.2) is 0 Å². The molecule has 0 fully saturated rings. The Morgan fingerprint density at radius 3 is 2.43 bits per heavy atom. The Kier molecular flexibility index (Phi) is 5.66. The van der Waals surface area contributed by atoms with Gasteiger partial charge >= 0.3 is 0 Å². The van der Waals surface area contributed by atoms with Crippen LogP contribution in [0.15, 0.2) is 71.9 Å². The third-order valence-electron chi connectivity index (χ3n) is 6.88. The second-order valence-electron chi connectivity index (χ2n) is 9.05. The van der Waals surface area contributed by atoms with Gasteiger partial charge in [0.1, 0.15) is 5.75 Å². The molecular weight excluding hydrogens is 510 g/mol. The highest BCUT2D eigenvalue weighted by Gasteiger charge is 2.35. The topological polar surface area (TPSA) is 93.3 Å². The van der Waals surface area contributed by atoms with Crippen molar-refractivity contribution in [2.45, 2.75) is 17.9 Å². The van der Waals surface area contributed by atoms with E-state index < -0.39 is 22.6 Å². The normalized spacial score (nSPS) is 13.9. The van der Waals surface area contributed by atoms with Crippen LogP contribution < -0.4 is 5.32 Å². The largest absolute Gasteiger partial charge is 0.507 e. The number of hydrogen-bond acceptors (Lipinski definition) is 4. The first-order chi connectivity index (χ1) is 17.8. The van der Waals surface area contributed by atoms with Gasteiger partial charge in [-0.05, 0) is 48.4 Å². The SMILES string of the molecule is Cn1c2cc(S(=O)CCCn3cccc3)c(O)cc2c2c3c(c(-c4ccccc4Cl)cc21)C(=O)NC3=O. The Morgan fingerprint density at radius 2 is 1.68 bits per heavy atom. The zero-order valence-corrected chi connectivity index (χ0v) is 21.4. The first-order valence-corrected chi connectivity index (χ1v) is 13.5. The van der Waals surface area contributed by atoms with Crippen LogP contribution in [-0.4, -0.2) is 36.0 Å². The van der Waals surface area contributed by atoms with Crippen molar-refractivity contribution < 1.29 is 18.9 Å². The number of aromatic hydroxyl groups is 1. The number of phenolic OH excluding ortho intramolecular Hbond substituents is 1. The van der Waals surface area contributed by atoms with E-state index in [9.17, 15) is 18.9 Å². The van der Waals surface area contributed by atoms with Gasteiger partial charge in [-0.2, -0.15) is 0 Å². The van der Waals surface area contributed by atoms with Gasteiger partial charge in [0.05, 0.1) is 37.9 Å². The van der Waals surface area contributed by atoms with E-state index in [1.807, 2.05) is 58.9 Å². The van der Waals surface area contributed by atoms with Crippen molar-refractivity contribution in [2.75, 3.05) is 5.75 Å². The molecule has 3 heterocycles. The number of hydrogen-bond donors (Lipinski definition) is 2. The molecule has 1 unspecified atom stereocenters. The van der Waals surface area contributed by atoms with E-state index in [1.165, 1.54) is 0 Å². The molecule has 0 saturated carbocycles. The molecule has 2 N–H and O–H groups in total. The van der Waals surface area contributed by atoms with E-state index in [0.717, 1.165) is 6.54 Å². The van der Waals surface area contributed by atoms with Crippen molar-refractivity contribution in [2.24, 2.45) is 7.05 Å². The highest BCUT2D eigenvalue weighted by Crippen LogP contribution is 2.43. The van der Waals surface area contributed by atoms with Crippen LogP contribution in [0.2, 0.25) is 5.02 Å². The van der Waals surface area contributed by atoms with Crippen molar-refractivity contribution in [3.05, 3.63) is 83.1 Å². The van der Waals surface area contributed by atoms with Gasteiger partial charge in [-0.25, -0.2) is 0 Å². The number of nitrogens with one attached hydrogen (secondary N) is 1. The lowest BCUT2D eigenvalue weighted by Crippen LogP contribution is -2.20. The minimum atomic E-state index is -1.42. The lowest BCUT2D eigenvalue weighted by atomic mass is 9.93. The van der Waals surface area contributed by atoms with Crippen LogP contribution in [0.1, 0.15) is 27.1 Å². The van der Waals surface area contributed by atoms with Gasteiger partial charge in [-0.1, -0.05) is 29.8 Å². The summed E-state index contributed by atoms with van der Waals surface area (Å²) >= 11 is 6.47. The fourth-order valence-corrected chi connectivity index (χ4v) is 6.53. The molecule has 37 heavy (non-hydrogen) atoms. The second kappa shape index (κ2) is 8.90. The van der Waals surface area contributed by atoms with Crippen LogP contribution in [0, 0.1) is 0 Å². The number of nitrogens with zero attached hydrogens (tertiary/aromatic N) is 2. The molecule has 6 rings (SSSR count). The second-order valence-corrected chi connectivity index (χ2v) is 11.0. The molecule has 0 radical (unpaired) electrons. The van der Waals surface area contributed by atoms with Gasteiger partial charge in [0.2, 0.25) is 0 Å². The zero-order valence-electron chi connectivity index (χ0n) is 19.8. The Labute approximate surface area is 219 Å². The molecule has 1 aliphatic heterocycles. The quantitative estimate of drug-likeness (QED) is 0.293. The van der Waals surface area contributed by atoms with E-state index in [0.29, 0.717) is 55.0 Å².